The van der Waals surface area contributed by atoms with Gasteiger partial charge in [-0.2, -0.15) is 0 Å². The minimum Gasteiger partial charge on any atom is -0.490 e. The Morgan fingerprint density at radius 2 is 1.95 bits per heavy atom. The van der Waals surface area contributed by atoms with Gasteiger partial charge in [0.1, 0.15) is 0 Å². The van der Waals surface area contributed by atoms with E-state index in [1.807, 2.05) is 0 Å². The van der Waals surface area contributed by atoms with Crippen molar-refractivity contribution in [3.8, 4) is 11.5 Å². The van der Waals surface area contributed by atoms with Crippen LogP contribution in [0.25, 0.3) is 0 Å². The van der Waals surface area contributed by atoms with Gasteiger partial charge in [0.05, 0.1) is 22.7 Å². The number of benzene rings is 1. The Bertz CT molecular complexity index is 526. The van der Waals surface area contributed by atoms with Crippen molar-refractivity contribution in [2.24, 2.45) is 0 Å². The lowest BCUT2D eigenvalue weighted by atomic mass is 10.2. The zero-order chi connectivity index (χ0) is 16.0. The molecule has 116 valence electrons. The molecule has 0 radical (unpaired) electrons. The number of hydrogen-bond donors (Lipinski definition) is 1. The van der Waals surface area contributed by atoms with Crippen LogP contribution in [-0.2, 0) is 9.53 Å². The first kappa shape index (κ1) is 17.3. The van der Waals surface area contributed by atoms with E-state index in [-0.39, 0.29) is 29.8 Å². The lowest BCUT2D eigenvalue weighted by Gasteiger charge is -2.15. The molecule has 0 heterocycles. The Morgan fingerprint density at radius 1 is 1.29 bits per heavy atom. The molecular weight excluding hydrogens is 344 g/mol. The second-order valence-electron chi connectivity index (χ2n) is 4.35. The molecule has 1 aromatic carbocycles. The summed E-state index contributed by atoms with van der Waals surface area (Å²) < 4.78 is 16.1. The van der Waals surface area contributed by atoms with E-state index in [1.54, 1.807) is 20.8 Å². The standard InChI is InChI=1S/C14H17BrO6/c1-4-19-11-6-9(14(17)18)5-10(15)13(11)20-7-12(16)21-8(2)3/h5-6,8H,4,7H2,1-3H3,(H,17,18). The second-order valence-corrected chi connectivity index (χ2v) is 5.21. The van der Waals surface area contributed by atoms with E-state index in [0.29, 0.717) is 11.1 Å². The van der Waals surface area contributed by atoms with Crippen molar-refractivity contribution in [3.63, 3.8) is 0 Å². The van der Waals surface area contributed by atoms with E-state index in [4.69, 9.17) is 19.3 Å². The summed E-state index contributed by atoms with van der Waals surface area (Å²) in [7, 11) is 0. The molecule has 0 atom stereocenters. The van der Waals surface area contributed by atoms with E-state index in [2.05, 4.69) is 15.9 Å². The number of ether oxygens (including phenoxy) is 3. The van der Waals surface area contributed by atoms with Crippen molar-refractivity contribution in [2.75, 3.05) is 13.2 Å². The zero-order valence-electron chi connectivity index (χ0n) is 12.0. The summed E-state index contributed by atoms with van der Waals surface area (Å²) in [6, 6.07) is 2.73. The average molecular weight is 361 g/mol. The van der Waals surface area contributed by atoms with Crippen LogP contribution < -0.4 is 9.47 Å². The van der Waals surface area contributed by atoms with Gasteiger partial charge in [-0.3, -0.25) is 0 Å². The number of carboxylic acid groups (broad SMARTS) is 1. The molecule has 0 amide bonds. The fraction of sp³-hybridized carbons (Fsp3) is 0.429. The molecule has 0 fully saturated rings. The quantitative estimate of drug-likeness (QED) is 0.752. The van der Waals surface area contributed by atoms with Gasteiger partial charge in [0, 0.05) is 0 Å². The van der Waals surface area contributed by atoms with Gasteiger partial charge in [-0.1, -0.05) is 0 Å². The lowest BCUT2D eigenvalue weighted by Crippen LogP contribution is -2.19. The van der Waals surface area contributed by atoms with Crippen LogP contribution in [0.3, 0.4) is 0 Å². The van der Waals surface area contributed by atoms with Crippen LogP contribution in [0, 0.1) is 0 Å². The van der Waals surface area contributed by atoms with Gasteiger partial charge in [-0.25, -0.2) is 9.59 Å². The highest BCUT2D eigenvalue weighted by Crippen LogP contribution is 2.37. The molecule has 0 aliphatic rings. The van der Waals surface area contributed by atoms with Gasteiger partial charge in [0.15, 0.2) is 18.1 Å². The van der Waals surface area contributed by atoms with Crippen molar-refractivity contribution in [1.29, 1.82) is 0 Å². The molecule has 1 rings (SSSR count). The van der Waals surface area contributed by atoms with Gasteiger partial charge in [-0.15, -0.1) is 0 Å². The second kappa shape index (κ2) is 7.87. The van der Waals surface area contributed by atoms with Crippen LogP contribution >= 0.6 is 15.9 Å². The summed E-state index contributed by atoms with van der Waals surface area (Å²) in [4.78, 5) is 22.5. The van der Waals surface area contributed by atoms with Gasteiger partial charge >= 0.3 is 11.9 Å². The minimum absolute atomic E-state index is 0.0578. The van der Waals surface area contributed by atoms with E-state index in [1.165, 1.54) is 12.1 Å². The molecule has 0 aromatic heterocycles. The molecular formula is C14H17BrO6. The van der Waals surface area contributed by atoms with Crippen LogP contribution in [0.15, 0.2) is 16.6 Å². The Kier molecular flexibility index (Phi) is 6.48. The highest BCUT2D eigenvalue weighted by Gasteiger charge is 2.17. The molecule has 21 heavy (non-hydrogen) atoms. The first-order valence-corrected chi connectivity index (χ1v) is 7.16. The predicted octanol–water partition coefficient (Wildman–Crippen LogP) is 2.88. The molecule has 6 nitrogen and oxygen atoms in total. The molecule has 0 saturated heterocycles. The summed E-state index contributed by atoms with van der Waals surface area (Å²) >= 11 is 3.22. The smallest absolute Gasteiger partial charge is 0.344 e. The lowest BCUT2D eigenvalue weighted by molar-refractivity contribution is -0.149. The third-order valence-corrected chi connectivity index (χ3v) is 2.85. The van der Waals surface area contributed by atoms with Crippen molar-refractivity contribution in [2.45, 2.75) is 26.9 Å². The van der Waals surface area contributed by atoms with Gasteiger partial charge in [0.25, 0.3) is 0 Å². The van der Waals surface area contributed by atoms with Crippen LogP contribution in [0.1, 0.15) is 31.1 Å². The number of hydrogen-bond acceptors (Lipinski definition) is 5. The number of carbonyl (C=O) groups excluding carboxylic acids is 1. The molecule has 1 aromatic rings. The third-order valence-electron chi connectivity index (χ3n) is 2.26. The monoisotopic (exact) mass is 360 g/mol. The molecule has 0 saturated carbocycles. The Labute approximate surface area is 131 Å². The third kappa shape index (κ3) is 5.26. The van der Waals surface area contributed by atoms with Gasteiger partial charge < -0.3 is 19.3 Å². The molecule has 0 spiro atoms. The summed E-state index contributed by atoms with van der Waals surface area (Å²) in [5, 5.41) is 9.02. The minimum atomic E-state index is -1.08. The maximum Gasteiger partial charge on any atom is 0.344 e. The van der Waals surface area contributed by atoms with Crippen LogP contribution in [0.4, 0.5) is 0 Å². The van der Waals surface area contributed by atoms with Crippen molar-refractivity contribution >= 4 is 27.9 Å². The van der Waals surface area contributed by atoms with E-state index >= 15 is 0 Å². The molecule has 0 unspecified atom stereocenters. The molecule has 0 aliphatic carbocycles. The first-order valence-electron chi connectivity index (χ1n) is 6.37. The number of carbonyl (C=O) groups is 2. The Hall–Kier alpha value is -1.76. The van der Waals surface area contributed by atoms with Gasteiger partial charge in [-0.05, 0) is 48.8 Å². The maximum absolute atomic E-state index is 11.5. The summed E-state index contributed by atoms with van der Waals surface area (Å²) in [6.45, 7) is 5.28. The van der Waals surface area contributed by atoms with E-state index in [9.17, 15) is 9.59 Å². The van der Waals surface area contributed by atoms with Crippen molar-refractivity contribution in [3.05, 3.63) is 22.2 Å². The van der Waals surface area contributed by atoms with Crippen molar-refractivity contribution in [1.82, 2.24) is 0 Å². The first-order chi connectivity index (χ1) is 9.85. The highest BCUT2D eigenvalue weighted by atomic mass is 79.9. The Morgan fingerprint density at radius 3 is 2.48 bits per heavy atom. The number of halogens is 1. The maximum atomic E-state index is 11.5. The molecule has 1 N–H and O–H groups in total. The fourth-order valence-electron chi connectivity index (χ4n) is 1.52. The molecule has 0 aliphatic heterocycles. The van der Waals surface area contributed by atoms with E-state index in [0.717, 1.165) is 0 Å². The average Bonchev–Trinajstić information content (AvgIpc) is 2.36. The predicted molar refractivity (Wildman–Crippen MR) is 79.0 cm³/mol. The molecule has 0 bridgehead atoms. The fourth-order valence-corrected chi connectivity index (χ4v) is 2.08. The van der Waals surface area contributed by atoms with Crippen LogP contribution in [0.5, 0.6) is 11.5 Å². The topological polar surface area (TPSA) is 82.1 Å². The summed E-state index contributed by atoms with van der Waals surface area (Å²) in [5.41, 5.74) is 0.0578. The van der Waals surface area contributed by atoms with E-state index < -0.39 is 11.9 Å². The zero-order valence-corrected chi connectivity index (χ0v) is 13.6. The Balaban J connectivity index is 2.94. The number of rotatable bonds is 7. The van der Waals surface area contributed by atoms with Crippen LogP contribution in [-0.4, -0.2) is 36.4 Å². The highest BCUT2D eigenvalue weighted by molar-refractivity contribution is 9.10. The van der Waals surface area contributed by atoms with Crippen LogP contribution in [0.2, 0.25) is 0 Å². The largest absolute Gasteiger partial charge is 0.490 e. The number of esters is 1. The number of carboxylic acids is 1. The normalized spacial score (nSPS) is 10.3. The number of aromatic carboxylic acids is 1. The van der Waals surface area contributed by atoms with Crippen molar-refractivity contribution < 1.29 is 28.9 Å². The summed E-state index contributed by atoms with van der Waals surface area (Å²) in [6.07, 6.45) is -0.231. The molecule has 7 heteroatoms. The van der Waals surface area contributed by atoms with Gasteiger partial charge in [0.2, 0.25) is 0 Å². The summed E-state index contributed by atoms with van der Waals surface area (Å²) in [5.74, 6) is -1.08. The SMILES string of the molecule is CCOc1cc(C(=O)O)cc(Br)c1OCC(=O)OC(C)C.